The van der Waals surface area contributed by atoms with Crippen LogP contribution in [0.25, 0.3) is 0 Å². The van der Waals surface area contributed by atoms with Gasteiger partial charge in [-0.25, -0.2) is 4.39 Å². The van der Waals surface area contributed by atoms with Gasteiger partial charge < -0.3 is 5.32 Å². The predicted molar refractivity (Wildman–Crippen MR) is 84.7 cm³/mol. The molecule has 21 heavy (non-hydrogen) atoms. The minimum Gasteiger partial charge on any atom is -0.304 e. The zero-order valence-electron chi connectivity index (χ0n) is 12.1. The summed E-state index contributed by atoms with van der Waals surface area (Å²) < 4.78 is 13.9. The van der Waals surface area contributed by atoms with Crippen LogP contribution in [0.2, 0.25) is 0 Å². The Morgan fingerprint density at radius 2 is 2.05 bits per heavy atom. The van der Waals surface area contributed by atoms with Gasteiger partial charge in [0.25, 0.3) is 0 Å². The Bertz CT molecular complexity index is 534. The molecule has 0 spiro atoms. The molecule has 114 valence electrons. The van der Waals surface area contributed by atoms with Gasteiger partial charge in [0.2, 0.25) is 0 Å². The number of carbonyl (C=O) groups excluding carboxylic acids is 1. The molecular formula is C17H21BrFNO. The number of halogens is 2. The van der Waals surface area contributed by atoms with Crippen LogP contribution in [0.3, 0.4) is 0 Å². The van der Waals surface area contributed by atoms with Crippen molar-refractivity contribution < 1.29 is 9.18 Å². The van der Waals surface area contributed by atoms with Crippen molar-refractivity contribution in [2.45, 2.75) is 57.0 Å². The van der Waals surface area contributed by atoms with Crippen molar-refractivity contribution in [3.05, 3.63) is 34.1 Å². The normalized spacial score (nSPS) is 29.0. The number of fused-ring (bicyclic) bond motifs is 1. The predicted octanol–water partition coefficient (Wildman–Crippen LogP) is 4.01. The van der Waals surface area contributed by atoms with E-state index in [1.54, 1.807) is 6.07 Å². The van der Waals surface area contributed by atoms with Crippen LogP contribution in [0.5, 0.6) is 0 Å². The number of nitrogens with one attached hydrogen (secondary N) is 1. The number of ketones is 1. The van der Waals surface area contributed by atoms with E-state index in [0.717, 1.165) is 24.3 Å². The Kier molecular flexibility index (Phi) is 4.75. The van der Waals surface area contributed by atoms with Crippen molar-refractivity contribution in [3.63, 3.8) is 0 Å². The molecule has 3 unspecified atom stereocenters. The molecular weight excluding hydrogens is 333 g/mol. The quantitative estimate of drug-likeness (QED) is 0.889. The standard InChI is InChI=1S/C17H21BrFNO/c18-17-12(5-3-6-13(17)19)10-16(21)15-9-8-11-4-1-2-7-14(11)20-15/h3,5-6,11,14-15,20H,1-2,4,7-10H2. The molecule has 1 aliphatic carbocycles. The van der Waals surface area contributed by atoms with Gasteiger partial charge in [-0.1, -0.05) is 25.0 Å². The molecule has 1 aromatic rings. The topological polar surface area (TPSA) is 29.1 Å². The lowest BCUT2D eigenvalue weighted by Gasteiger charge is -2.40. The molecule has 1 aromatic carbocycles. The number of carbonyl (C=O) groups is 1. The molecule has 4 heteroatoms. The number of hydrogen-bond acceptors (Lipinski definition) is 2. The smallest absolute Gasteiger partial charge is 0.154 e. The maximum Gasteiger partial charge on any atom is 0.154 e. The van der Waals surface area contributed by atoms with Crippen LogP contribution in [0.1, 0.15) is 44.1 Å². The monoisotopic (exact) mass is 353 g/mol. The Morgan fingerprint density at radius 1 is 1.24 bits per heavy atom. The van der Waals surface area contributed by atoms with Gasteiger partial charge in [0.1, 0.15) is 5.82 Å². The molecule has 1 saturated heterocycles. The van der Waals surface area contributed by atoms with E-state index < -0.39 is 0 Å². The average molecular weight is 354 g/mol. The van der Waals surface area contributed by atoms with E-state index in [0.29, 0.717) is 16.9 Å². The number of hydrogen-bond donors (Lipinski definition) is 1. The van der Waals surface area contributed by atoms with Gasteiger partial charge in [-0.3, -0.25) is 4.79 Å². The van der Waals surface area contributed by atoms with Crippen LogP contribution in [-0.2, 0) is 11.2 Å². The highest BCUT2D eigenvalue weighted by molar-refractivity contribution is 9.10. The lowest BCUT2D eigenvalue weighted by Crippen LogP contribution is -2.52. The summed E-state index contributed by atoms with van der Waals surface area (Å²) in [5.41, 5.74) is 0.743. The van der Waals surface area contributed by atoms with Crippen LogP contribution < -0.4 is 5.32 Å². The second kappa shape index (κ2) is 6.57. The van der Waals surface area contributed by atoms with Gasteiger partial charge in [-0.15, -0.1) is 0 Å². The minimum atomic E-state index is -0.302. The zero-order valence-corrected chi connectivity index (χ0v) is 13.7. The summed E-state index contributed by atoms with van der Waals surface area (Å²) >= 11 is 3.24. The van der Waals surface area contributed by atoms with Crippen LogP contribution in [0.15, 0.2) is 22.7 Å². The van der Waals surface area contributed by atoms with E-state index in [4.69, 9.17) is 0 Å². The van der Waals surface area contributed by atoms with Gasteiger partial charge in [-0.2, -0.15) is 0 Å². The third kappa shape index (κ3) is 3.37. The highest BCUT2D eigenvalue weighted by Crippen LogP contribution is 2.32. The Labute approximate surface area is 133 Å². The van der Waals surface area contributed by atoms with Crippen LogP contribution in [-0.4, -0.2) is 17.9 Å². The van der Waals surface area contributed by atoms with Gasteiger partial charge in [0.05, 0.1) is 10.5 Å². The summed E-state index contributed by atoms with van der Waals surface area (Å²) in [5.74, 6) is 0.637. The molecule has 1 saturated carbocycles. The lowest BCUT2D eigenvalue weighted by molar-refractivity contribution is -0.121. The molecule has 0 bridgehead atoms. The molecule has 2 fully saturated rings. The van der Waals surface area contributed by atoms with Gasteiger partial charge in [0.15, 0.2) is 5.78 Å². The number of rotatable bonds is 3. The number of benzene rings is 1. The SMILES string of the molecule is O=C(Cc1cccc(F)c1Br)C1CCC2CCCCC2N1. The summed E-state index contributed by atoms with van der Waals surface area (Å²) in [7, 11) is 0. The first-order valence-electron chi connectivity index (χ1n) is 7.87. The van der Waals surface area contributed by atoms with Crippen molar-refractivity contribution in [1.82, 2.24) is 5.32 Å². The van der Waals surface area contributed by atoms with Crippen LogP contribution in [0.4, 0.5) is 4.39 Å². The molecule has 3 atom stereocenters. The fourth-order valence-corrected chi connectivity index (χ4v) is 4.15. The Balaban J connectivity index is 1.64. The molecule has 0 aromatic heterocycles. The van der Waals surface area contributed by atoms with E-state index in [1.165, 1.54) is 31.7 Å². The highest BCUT2D eigenvalue weighted by Gasteiger charge is 2.34. The largest absolute Gasteiger partial charge is 0.304 e. The summed E-state index contributed by atoms with van der Waals surface area (Å²) in [6, 6.07) is 5.34. The third-order valence-corrected chi connectivity index (χ3v) is 5.82. The zero-order chi connectivity index (χ0) is 14.8. The Morgan fingerprint density at radius 3 is 2.90 bits per heavy atom. The van der Waals surface area contributed by atoms with E-state index >= 15 is 0 Å². The fraction of sp³-hybridized carbons (Fsp3) is 0.588. The van der Waals surface area contributed by atoms with E-state index in [9.17, 15) is 9.18 Å². The summed E-state index contributed by atoms with van der Waals surface area (Å²) in [5, 5.41) is 3.55. The second-order valence-electron chi connectivity index (χ2n) is 6.30. The third-order valence-electron chi connectivity index (χ3n) is 4.94. The Hall–Kier alpha value is -0.740. The maximum atomic E-state index is 13.5. The summed E-state index contributed by atoms with van der Waals surface area (Å²) in [4.78, 5) is 12.5. The van der Waals surface area contributed by atoms with Crippen LogP contribution in [0, 0.1) is 11.7 Å². The molecule has 2 nitrogen and oxygen atoms in total. The van der Waals surface area contributed by atoms with Crippen molar-refractivity contribution in [2.24, 2.45) is 5.92 Å². The van der Waals surface area contributed by atoms with Gasteiger partial charge >= 0.3 is 0 Å². The van der Waals surface area contributed by atoms with E-state index in [2.05, 4.69) is 21.2 Å². The number of Topliss-reactive ketones (excluding diaryl/α,β-unsaturated/α-hetero) is 1. The molecule has 3 rings (SSSR count). The first-order chi connectivity index (χ1) is 10.1. The number of piperidine rings is 1. The highest BCUT2D eigenvalue weighted by atomic mass is 79.9. The van der Waals surface area contributed by atoms with E-state index in [-0.39, 0.29) is 17.6 Å². The molecule has 2 aliphatic rings. The first kappa shape index (κ1) is 15.2. The maximum absolute atomic E-state index is 13.5. The first-order valence-corrected chi connectivity index (χ1v) is 8.66. The fourth-order valence-electron chi connectivity index (χ4n) is 3.74. The molecule has 0 amide bonds. The van der Waals surface area contributed by atoms with Crippen molar-refractivity contribution in [3.8, 4) is 0 Å². The summed E-state index contributed by atoms with van der Waals surface area (Å²) in [6.45, 7) is 0. The van der Waals surface area contributed by atoms with Crippen LogP contribution >= 0.6 is 15.9 Å². The van der Waals surface area contributed by atoms with Crippen molar-refractivity contribution in [2.75, 3.05) is 0 Å². The van der Waals surface area contributed by atoms with Crippen molar-refractivity contribution in [1.29, 1.82) is 0 Å². The molecule has 0 radical (unpaired) electrons. The summed E-state index contributed by atoms with van der Waals surface area (Å²) in [6.07, 6.45) is 7.47. The van der Waals surface area contributed by atoms with E-state index in [1.807, 2.05) is 6.07 Å². The van der Waals surface area contributed by atoms with Gasteiger partial charge in [0, 0.05) is 12.5 Å². The second-order valence-corrected chi connectivity index (χ2v) is 7.10. The minimum absolute atomic E-state index is 0.0560. The molecule has 1 aliphatic heterocycles. The molecule has 1 heterocycles. The average Bonchev–Trinajstić information content (AvgIpc) is 2.51. The molecule has 1 N–H and O–H groups in total. The van der Waals surface area contributed by atoms with Crippen molar-refractivity contribution >= 4 is 21.7 Å². The van der Waals surface area contributed by atoms with Gasteiger partial charge in [-0.05, 0) is 59.2 Å². The lowest BCUT2D eigenvalue weighted by atomic mass is 9.77.